The Bertz CT molecular complexity index is 1020. The van der Waals surface area contributed by atoms with E-state index in [1.807, 2.05) is 49.7 Å². The van der Waals surface area contributed by atoms with Crippen LogP contribution >= 0.6 is 12.2 Å². The molecule has 1 heterocycles. The van der Waals surface area contributed by atoms with Crippen molar-refractivity contribution in [3.63, 3.8) is 0 Å². The van der Waals surface area contributed by atoms with Gasteiger partial charge in [0.1, 0.15) is 11.6 Å². The molecule has 0 atom stereocenters. The van der Waals surface area contributed by atoms with Gasteiger partial charge in [-0.1, -0.05) is 18.2 Å². The van der Waals surface area contributed by atoms with Crippen molar-refractivity contribution in [1.29, 1.82) is 0 Å². The number of anilines is 2. The minimum atomic E-state index is -0.255. The van der Waals surface area contributed by atoms with Gasteiger partial charge in [0.2, 0.25) is 0 Å². The number of hydrogen-bond acceptors (Lipinski definition) is 3. The van der Waals surface area contributed by atoms with Gasteiger partial charge in [0, 0.05) is 0 Å². The van der Waals surface area contributed by atoms with E-state index in [-0.39, 0.29) is 5.82 Å². The van der Waals surface area contributed by atoms with E-state index in [0.29, 0.717) is 17.4 Å². The molecule has 0 saturated carbocycles. The van der Waals surface area contributed by atoms with Crippen LogP contribution in [-0.2, 0) is 6.54 Å². The predicted molar refractivity (Wildman–Crippen MR) is 115 cm³/mol. The Hall–Kier alpha value is -2.93. The molecule has 0 aliphatic carbocycles. The highest BCUT2D eigenvalue weighted by atomic mass is 32.1. The summed E-state index contributed by atoms with van der Waals surface area (Å²) in [6.07, 6.45) is 0. The highest BCUT2D eigenvalue weighted by Crippen LogP contribution is 2.26. The summed E-state index contributed by atoms with van der Waals surface area (Å²) in [5.41, 5.74) is 5.31. The first-order valence-corrected chi connectivity index (χ1v) is 9.29. The van der Waals surface area contributed by atoms with E-state index in [9.17, 15) is 4.39 Å². The Morgan fingerprint density at radius 3 is 2.64 bits per heavy atom. The number of nitrogens with zero attached hydrogens (tertiary/aromatic N) is 2. The third-order valence-electron chi connectivity index (χ3n) is 4.44. The Morgan fingerprint density at radius 1 is 1.14 bits per heavy atom. The van der Waals surface area contributed by atoms with Crippen molar-refractivity contribution in [3.05, 3.63) is 70.8 Å². The summed E-state index contributed by atoms with van der Waals surface area (Å²) in [6, 6.07) is 12.4. The number of thiocarbonyl (C=S) groups is 1. The number of methoxy groups -OCH3 is 1. The Balaban J connectivity index is 1.77. The van der Waals surface area contributed by atoms with E-state index in [1.165, 1.54) is 12.1 Å². The lowest BCUT2D eigenvalue weighted by Gasteiger charge is -2.14. The third-order valence-corrected chi connectivity index (χ3v) is 4.65. The average Bonchev–Trinajstić information content (AvgIpc) is 2.89. The number of nitrogens with one attached hydrogen (secondary N) is 2. The molecule has 2 N–H and O–H groups in total. The van der Waals surface area contributed by atoms with Gasteiger partial charge in [-0.15, -0.1) is 0 Å². The maximum atomic E-state index is 13.4. The lowest BCUT2D eigenvalue weighted by Crippen LogP contribution is -2.20. The molecular weight excluding hydrogens is 375 g/mol. The Morgan fingerprint density at radius 2 is 1.93 bits per heavy atom. The average molecular weight is 399 g/mol. The zero-order valence-electron chi connectivity index (χ0n) is 16.3. The first-order valence-electron chi connectivity index (χ1n) is 8.88. The summed E-state index contributed by atoms with van der Waals surface area (Å²) in [5, 5.41) is 11.4. The van der Waals surface area contributed by atoms with Gasteiger partial charge < -0.3 is 15.4 Å². The Labute approximate surface area is 169 Å². The summed E-state index contributed by atoms with van der Waals surface area (Å²) in [5.74, 6) is 0.458. The van der Waals surface area contributed by atoms with Gasteiger partial charge in [0.15, 0.2) is 5.11 Å². The van der Waals surface area contributed by atoms with Gasteiger partial charge in [0.05, 0.1) is 36.4 Å². The summed E-state index contributed by atoms with van der Waals surface area (Å²) in [6.45, 7) is 6.36. The molecule has 146 valence electrons. The van der Waals surface area contributed by atoms with Crippen molar-refractivity contribution in [1.82, 2.24) is 9.78 Å². The molecule has 0 amide bonds. The zero-order valence-corrected chi connectivity index (χ0v) is 17.2. The number of benzene rings is 2. The van der Waals surface area contributed by atoms with Crippen LogP contribution in [0.2, 0.25) is 0 Å². The summed E-state index contributed by atoms with van der Waals surface area (Å²) in [4.78, 5) is 0. The summed E-state index contributed by atoms with van der Waals surface area (Å²) >= 11 is 5.48. The summed E-state index contributed by atoms with van der Waals surface area (Å²) in [7, 11) is 1.62. The molecule has 3 rings (SSSR count). The normalized spacial score (nSPS) is 10.6. The highest BCUT2D eigenvalue weighted by Gasteiger charge is 2.14. The number of hydrogen-bond donors (Lipinski definition) is 2. The van der Waals surface area contributed by atoms with Gasteiger partial charge in [0.25, 0.3) is 0 Å². The van der Waals surface area contributed by atoms with Crippen LogP contribution in [0.3, 0.4) is 0 Å². The molecular formula is C21H23FN4OS. The fraction of sp³-hybridized carbons (Fsp3) is 0.238. The minimum Gasteiger partial charge on any atom is -0.495 e. The SMILES string of the molecule is COc1ccc(C)cc1NC(=S)Nc1c(C)nn(Cc2cccc(F)c2)c1C. The minimum absolute atomic E-state index is 0.255. The van der Waals surface area contributed by atoms with Crippen molar-refractivity contribution in [2.24, 2.45) is 0 Å². The largest absolute Gasteiger partial charge is 0.495 e. The van der Waals surface area contributed by atoms with Gasteiger partial charge in [-0.05, 0) is 68.4 Å². The van der Waals surface area contributed by atoms with E-state index < -0.39 is 0 Å². The van der Waals surface area contributed by atoms with Crippen LogP contribution in [0.5, 0.6) is 5.75 Å². The van der Waals surface area contributed by atoms with E-state index in [1.54, 1.807) is 13.2 Å². The molecule has 0 radical (unpaired) electrons. The first-order chi connectivity index (χ1) is 13.4. The smallest absolute Gasteiger partial charge is 0.175 e. The fourth-order valence-electron chi connectivity index (χ4n) is 3.03. The number of aromatic nitrogens is 2. The molecule has 0 fully saturated rings. The Kier molecular flexibility index (Phi) is 5.94. The molecule has 0 bridgehead atoms. The molecule has 7 heteroatoms. The molecule has 0 saturated heterocycles. The molecule has 5 nitrogen and oxygen atoms in total. The van der Waals surface area contributed by atoms with Crippen molar-refractivity contribution in [3.8, 4) is 5.75 Å². The van der Waals surface area contributed by atoms with Crippen LogP contribution < -0.4 is 15.4 Å². The molecule has 1 aromatic heterocycles. The zero-order chi connectivity index (χ0) is 20.3. The maximum Gasteiger partial charge on any atom is 0.175 e. The lowest BCUT2D eigenvalue weighted by molar-refractivity contribution is 0.417. The number of ether oxygens (including phenoxy) is 1. The molecule has 0 unspecified atom stereocenters. The van der Waals surface area contributed by atoms with Crippen LogP contribution in [0.4, 0.5) is 15.8 Å². The van der Waals surface area contributed by atoms with E-state index in [4.69, 9.17) is 17.0 Å². The number of aryl methyl sites for hydroxylation is 2. The molecule has 28 heavy (non-hydrogen) atoms. The highest BCUT2D eigenvalue weighted by molar-refractivity contribution is 7.80. The molecule has 0 aliphatic heterocycles. The van der Waals surface area contributed by atoms with Gasteiger partial charge in [-0.2, -0.15) is 5.10 Å². The van der Waals surface area contributed by atoms with Crippen molar-refractivity contribution in [2.45, 2.75) is 27.3 Å². The van der Waals surface area contributed by atoms with Crippen molar-refractivity contribution < 1.29 is 9.13 Å². The third kappa shape index (κ3) is 4.48. The molecule has 0 aliphatic rings. The van der Waals surface area contributed by atoms with Crippen molar-refractivity contribution in [2.75, 3.05) is 17.7 Å². The summed E-state index contributed by atoms with van der Waals surface area (Å²) < 4.78 is 20.7. The van der Waals surface area contributed by atoms with E-state index >= 15 is 0 Å². The van der Waals surface area contributed by atoms with Crippen LogP contribution in [0.1, 0.15) is 22.5 Å². The van der Waals surface area contributed by atoms with Crippen LogP contribution in [0.25, 0.3) is 0 Å². The van der Waals surface area contributed by atoms with Crippen LogP contribution in [-0.4, -0.2) is 22.0 Å². The van der Waals surface area contributed by atoms with Gasteiger partial charge >= 0.3 is 0 Å². The lowest BCUT2D eigenvalue weighted by atomic mass is 10.2. The van der Waals surface area contributed by atoms with Gasteiger partial charge in [-0.25, -0.2) is 4.39 Å². The number of rotatable bonds is 5. The number of halogens is 1. The maximum absolute atomic E-state index is 13.4. The molecule has 0 spiro atoms. The van der Waals surface area contributed by atoms with Crippen LogP contribution in [0, 0.1) is 26.6 Å². The topological polar surface area (TPSA) is 51.1 Å². The van der Waals surface area contributed by atoms with Crippen molar-refractivity contribution >= 4 is 28.7 Å². The van der Waals surface area contributed by atoms with Crippen LogP contribution in [0.15, 0.2) is 42.5 Å². The molecule has 2 aromatic carbocycles. The first kappa shape index (κ1) is 19.8. The molecule has 3 aromatic rings. The van der Waals surface area contributed by atoms with E-state index in [0.717, 1.165) is 33.9 Å². The standard InChI is InChI=1S/C21H23FN4OS/c1-13-8-9-19(27-4)18(10-13)23-21(28)24-20-14(2)25-26(15(20)3)12-16-6-5-7-17(22)11-16/h5-11H,12H2,1-4H3,(H2,23,24,28). The predicted octanol–water partition coefficient (Wildman–Crippen LogP) is 4.81. The van der Waals surface area contributed by atoms with E-state index in [2.05, 4.69) is 15.7 Å². The second kappa shape index (κ2) is 8.39. The quantitative estimate of drug-likeness (QED) is 0.604. The second-order valence-corrected chi connectivity index (χ2v) is 7.02. The second-order valence-electron chi connectivity index (χ2n) is 6.62. The monoisotopic (exact) mass is 398 g/mol. The van der Waals surface area contributed by atoms with Gasteiger partial charge in [-0.3, -0.25) is 4.68 Å². The fourth-order valence-corrected chi connectivity index (χ4v) is 3.24.